The molecule has 122 valence electrons. The van der Waals surface area contributed by atoms with Crippen molar-refractivity contribution in [1.29, 1.82) is 0 Å². The monoisotopic (exact) mass is 306 g/mol. The van der Waals surface area contributed by atoms with Crippen molar-refractivity contribution in [2.24, 2.45) is 0 Å². The number of anilines is 1. The van der Waals surface area contributed by atoms with Crippen molar-refractivity contribution in [1.82, 2.24) is 5.32 Å². The summed E-state index contributed by atoms with van der Waals surface area (Å²) in [5.41, 5.74) is 1.84. The third kappa shape index (κ3) is 6.16. The van der Waals surface area contributed by atoms with Crippen molar-refractivity contribution in [2.45, 2.75) is 46.0 Å². The van der Waals surface area contributed by atoms with Crippen LogP contribution in [0.15, 0.2) is 24.3 Å². The maximum absolute atomic E-state index is 11.9. The Morgan fingerprint density at radius 1 is 1.18 bits per heavy atom. The summed E-state index contributed by atoms with van der Waals surface area (Å²) in [5, 5.41) is 5.61. The van der Waals surface area contributed by atoms with Crippen LogP contribution in [0.4, 0.5) is 10.5 Å². The van der Waals surface area contributed by atoms with E-state index in [-0.39, 0.29) is 17.4 Å². The zero-order valence-electron chi connectivity index (χ0n) is 13.9. The molecule has 0 unspecified atom stereocenters. The van der Waals surface area contributed by atoms with Crippen molar-refractivity contribution < 1.29 is 14.3 Å². The number of hydrogen-bond donors (Lipinski definition) is 2. The van der Waals surface area contributed by atoms with Gasteiger partial charge in [0.1, 0.15) is 0 Å². The number of carbonyl (C=O) groups excluding carboxylic acids is 2. The van der Waals surface area contributed by atoms with Gasteiger partial charge in [-0.3, -0.25) is 4.79 Å². The Hall–Kier alpha value is -2.04. The molecule has 1 rings (SSSR count). The number of esters is 1. The number of nitrogens with one attached hydrogen (secondary N) is 2. The van der Waals surface area contributed by atoms with Gasteiger partial charge in [-0.1, -0.05) is 39.0 Å². The SMILES string of the molecule is CCOC(=O)CCCNC(=O)Nc1ccccc1C(C)(C)C. The summed E-state index contributed by atoms with van der Waals surface area (Å²) in [6.45, 7) is 8.90. The standard InChI is InChI=1S/C17H26N2O3/c1-5-22-15(20)11-8-12-18-16(21)19-14-10-7-6-9-13(14)17(2,3)4/h6-7,9-10H,5,8,11-12H2,1-4H3,(H2,18,19,21). The van der Waals surface area contributed by atoms with Gasteiger partial charge in [0.15, 0.2) is 0 Å². The fourth-order valence-corrected chi connectivity index (χ4v) is 2.08. The normalized spacial score (nSPS) is 10.9. The van der Waals surface area contributed by atoms with Gasteiger partial charge in [0.05, 0.1) is 6.61 Å². The van der Waals surface area contributed by atoms with Gasteiger partial charge in [-0.05, 0) is 30.4 Å². The van der Waals surface area contributed by atoms with Crippen molar-refractivity contribution in [3.8, 4) is 0 Å². The van der Waals surface area contributed by atoms with Crippen LogP contribution < -0.4 is 10.6 Å². The first-order chi connectivity index (χ1) is 10.3. The van der Waals surface area contributed by atoms with Gasteiger partial charge >= 0.3 is 12.0 Å². The summed E-state index contributed by atoms with van der Waals surface area (Å²) in [7, 11) is 0. The van der Waals surface area contributed by atoms with Crippen LogP contribution in [0.2, 0.25) is 0 Å². The lowest BCUT2D eigenvalue weighted by molar-refractivity contribution is -0.143. The molecule has 0 spiro atoms. The van der Waals surface area contributed by atoms with Crippen LogP contribution in [0.3, 0.4) is 0 Å². The molecule has 0 saturated heterocycles. The van der Waals surface area contributed by atoms with E-state index in [1.807, 2.05) is 24.3 Å². The van der Waals surface area contributed by atoms with E-state index in [4.69, 9.17) is 4.74 Å². The summed E-state index contributed by atoms with van der Waals surface area (Å²) in [6, 6.07) is 7.49. The molecule has 0 saturated carbocycles. The fourth-order valence-electron chi connectivity index (χ4n) is 2.08. The van der Waals surface area contributed by atoms with Crippen LogP contribution in [-0.2, 0) is 14.9 Å². The minimum absolute atomic E-state index is 0.0478. The molecule has 0 aliphatic rings. The molecule has 0 radical (unpaired) electrons. The fraction of sp³-hybridized carbons (Fsp3) is 0.529. The average Bonchev–Trinajstić information content (AvgIpc) is 2.43. The summed E-state index contributed by atoms with van der Waals surface area (Å²) >= 11 is 0. The quantitative estimate of drug-likeness (QED) is 0.625. The molecule has 1 aromatic carbocycles. The Labute approximate surface area is 132 Å². The van der Waals surface area contributed by atoms with E-state index in [2.05, 4.69) is 31.4 Å². The second-order valence-electron chi connectivity index (χ2n) is 6.09. The van der Waals surface area contributed by atoms with Crippen LogP contribution in [0.5, 0.6) is 0 Å². The highest BCUT2D eigenvalue weighted by Crippen LogP contribution is 2.29. The minimum Gasteiger partial charge on any atom is -0.466 e. The van der Waals surface area contributed by atoms with E-state index in [9.17, 15) is 9.59 Å². The van der Waals surface area contributed by atoms with Crippen molar-refractivity contribution in [3.05, 3.63) is 29.8 Å². The van der Waals surface area contributed by atoms with E-state index in [1.165, 1.54) is 0 Å². The Morgan fingerprint density at radius 3 is 2.50 bits per heavy atom. The molecule has 0 bridgehead atoms. The van der Waals surface area contributed by atoms with Crippen LogP contribution in [-0.4, -0.2) is 25.2 Å². The van der Waals surface area contributed by atoms with Gasteiger partial charge in [0, 0.05) is 18.7 Å². The lowest BCUT2D eigenvalue weighted by atomic mass is 9.86. The van der Waals surface area contributed by atoms with E-state index in [1.54, 1.807) is 6.92 Å². The molecule has 5 heteroatoms. The van der Waals surface area contributed by atoms with Crippen LogP contribution in [0.1, 0.15) is 46.1 Å². The Kier molecular flexibility index (Phi) is 6.89. The number of amides is 2. The second kappa shape index (κ2) is 8.41. The Balaban J connectivity index is 2.45. The van der Waals surface area contributed by atoms with E-state index in [0.29, 0.717) is 26.0 Å². The van der Waals surface area contributed by atoms with Gasteiger partial charge in [0.25, 0.3) is 0 Å². The molecule has 0 fully saturated rings. The highest BCUT2D eigenvalue weighted by molar-refractivity contribution is 5.90. The van der Waals surface area contributed by atoms with Gasteiger partial charge in [-0.2, -0.15) is 0 Å². The molecule has 0 heterocycles. The summed E-state index contributed by atoms with van der Waals surface area (Å²) < 4.78 is 4.83. The lowest BCUT2D eigenvalue weighted by Crippen LogP contribution is -2.31. The first kappa shape index (κ1) is 18.0. The number of rotatable bonds is 6. The number of urea groups is 1. The van der Waals surface area contributed by atoms with Gasteiger partial charge < -0.3 is 15.4 Å². The van der Waals surface area contributed by atoms with Crippen LogP contribution >= 0.6 is 0 Å². The number of ether oxygens (including phenoxy) is 1. The number of hydrogen-bond acceptors (Lipinski definition) is 3. The molecule has 1 aromatic rings. The average molecular weight is 306 g/mol. The molecular weight excluding hydrogens is 280 g/mol. The molecule has 0 aliphatic carbocycles. The largest absolute Gasteiger partial charge is 0.466 e. The van der Waals surface area contributed by atoms with Gasteiger partial charge in [-0.25, -0.2) is 4.79 Å². The van der Waals surface area contributed by atoms with Crippen LogP contribution in [0, 0.1) is 0 Å². The number of benzene rings is 1. The first-order valence-corrected chi connectivity index (χ1v) is 7.64. The predicted molar refractivity (Wildman–Crippen MR) is 88.0 cm³/mol. The van der Waals surface area contributed by atoms with Gasteiger partial charge in [-0.15, -0.1) is 0 Å². The molecular formula is C17H26N2O3. The molecule has 0 aliphatic heterocycles. The van der Waals surface area contributed by atoms with Crippen molar-refractivity contribution in [2.75, 3.05) is 18.5 Å². The zero-order chi connectivity index (χ0) is 16.6. The van der Waals surface area contributed by atoms with Crippen LogP contribution in [0.25, 0.3) is 0 Å². The Morgan fingerprint density at radius 2 is 1.86 bits per heavy atom. The maximum Gasteiger partial charge on any atom is 0.319 e. The lowest BCUT2D eigenvalue weighted by Gasteiger charge is -2.23. The van der Waals surface area contributed by atoms with E-state index >= 15 is 0 Å². The molecule has 2 amide bonds. The van der Waals surface area contributed by atoms with Crippen molar-refractivity contribution >= 4 is 17.7 Å². The minimum atomic E-state index is -0.263. The summed E-state index contributed by atoms with van der Waals surface area (Å²) in [5.74, 6) is -0.234. The summed E-state index contributed by atoms with van der Waals surface area (Å²) in [6.07, 6.45) is 0.875. The molecule has 5 nitrogen and oxygen atoms in total. The number of carbonyl (C=O) groups is 2. The highest BCUT2D eigenvalue weighted by Gasteiger charge is 2.18. The molecule has 22 heavy (non-hydrogen) atoms. The number of para-hydroxylation sites is 1. The molecule has 2 N–H and O–H groups in total. The smallest absolute Gasteiger partial charge is 0.319 e. The van der Waals surface area contributed by atoms with E-state index < -0.39 is 0 Å². The third-order valence-electron chi connectivity index (χ3n) is 3.13. The third-order valence-corrected chi connectivity index (χ3v) is 3.13. The second-order valence-corrected chi connectivity index (χ2v) is 6.09. The molecule has 0 atom stereocenters. The van der Waals surface area contributed by atoms with E-state index in [0.717, 1.165) is 11.3 Å². The highest BCUT2D eigenvalue weighted by atomic mass is 16.5. The topological polar surface area (TPSA) is 67.4 Å². The Bertz CT molecular complexity index is 507. The van der Waals surface area contributed by atoms with Gasteiger partial charge in [0.2, 0.25) is 0 Å². The predicted octanol–water partition coefficient (Wildman–Crippen LogP) is 3.45. The van der Waals surface area contributed by atoms with Crippen molar-refractivity contribution in [3.63, 3.8) is 0 Å². The summed E-state index contributed by atoms with van der Waals surface area (Å²) in [4.78, 5) is 23.1. The first-order valence-electron chi connectivity index (χ1n) is 7.64. The molecule has 0 aromatic heterocycles. The maximum atomic E-state index is 11.9. The zero-order valence-corrected chi connectivity index (χ0v) is 13.9.